The van der Waals surface area contributed by atoms with Crippen LogP contribution in [0.2, 0.25) is 0 Å². The van der Waals surface area contributed by atoms with Crippen LogP contribution < -0.4 is 15.4 Å². The van der Waals surface area contributed by atoms with Gasteiger partial charge >= 0.3 is 0 Å². The summed E-state index contributed by atoms with van der Waals surface area (Å²) in [6, 6.07) is 11.3. The van der Waals surface area contributed by atoms with Crippen LogP contribution in [0.4, 0.5) is 11.4 Å². The molecule has 0 heterocycles. The predicted octanol–water partition coefficient (Wildman–Crippen LogP) is 5.50. The fraction of sp³-hybridized carbons (Fsp3) is 0.462. The highest BCUT2D eigenvalue weighted by molar-refractivity contribution is 5.93. The number of unbranched alkanes of at least 4 members (excludes halogenated alkanes) is 5. The van der Waals surface area contributed by atoms with Gasteiger partial charge in [-0.1, -0.05) is 56.0 Å². The zero-order valence-corrected chi connectivity index (χ0v) is 19.5. The molecule has 2 amide bonds. The van der Waals surface area contributed by atoms with Gasteiger partial charge in [-0.3, -0.25) is 9.59 Å². The zero-order valence-electron chi connectivity index (χ0n) is 19.5. The van der Waals surface area contributed by atoms with Crippen molar-refractivity contribution in [3.63, 3.8) is 0 Å². The Morgan fingerprint density at radius 2 is 1.28 bits per heavy atom. The van der Waals surface area contributed by atoms with Gasteiger partial charge in [-0.25, -0.2) is 0 Å². The summed E-state index contributed by atoms with van der Waals surface area (Å²) in [5.41, 5.74) is 4.14. The minimum absolute atomic E-state index is 0.00715. The Hall–Kier alpha value is -2.86. The summed E-state index contributed by atoms with van der Waals surface area (Å²) in [7, 11) is 1.60. The zero-order chi connectivity index (χ0) is 23.3. The van der Waals surface area contributed by atoms with Crippen molar-refractivity contribution in [2.45, 2.75) is 71.8 Å². The minimum Gasteiger partial charge on any atom is -0.495 e. The molecule has 0 aliphatic carbocycles. The lowest BCUT2D eigenvalue weighted by Crippen LogP contribution is -2.14. The third-order valence-electron chi connectivity index (χ3n) is 5.57. The molecular weight excluding hydrogens is 404 g/mol. The van der Waals surface area contributed by atoms with Gasteiger partial charge in [0.25, 0.3) is 0 Å². The van der Waals surface area contributed by atoms with Crippen molar-refractivity contribution >= 4 is 23.2 Å². The van der Waals surface area contributed by atoms with Crippen molar-refractivity contribution in [2.24, 2.45) is 0 Å². The topological polar surface area (TPSA) is 87.7 Å². The number of para-hydroxylation sites is 2. The average Bonchev–Trinajstić information content (AvgIpc) is 2.78. The molecule has 6 nitrogen and oxygen atoms in total. The van der Waals surface area contributed by atoms with E-state index in [9.17, 15) is 14.7 Å². The number of aliphatic hydroxyl groups excluding tert-OH is 1. The lowest BCUT2D eigenvalue weighted by atomic mass is 10.1. The molecule has 0 aromatic heterocycles. The monoisotopic (exact) mass is 440 g/mol. The number of amides is 2. The van der Waals surface area contributed by atoms with Crippen molar-refractivity contribution in [2.75, 3.05) is 17.7 Å². The van der Waals surface area contributed by atoms with Gasteiger partial charge in [-0.2, -0.15) is 0 Å². The van der Waals surface area contributed by atoms with Crippen LogP contribution in [0.1, 0.15) is 68.1 Å². The van der Waals surface area contributed by atoms with Gasteiger partial charge in [0.15, 0.2) is 0 Å². The molecule has 6 heteroatoms. The number of carbonyl (C=O) groups excluding carboxylic acids is 2. The molecule has 0 aliphatic rings. The van der Waals surface area contributed by atoms with Gasteiger partial charge in [0.2, 0.25) is 11.8 Å². The molecule has 0 radical (unpaired) electrons. The molecule has 2 aromatic carbocycles. The molecule has 2 rings (SSSR count). The summed E-state index contributed by atoms with van der Waals surface area (Å²) < 4.78 is 5.32. The Morgan fingerprint density at radius 3 is 1.84 bits per heavy atom. The first-order valence-corrected chi connectivity index (χ1v) is 11.4. The normalized spacial score (nSPS) is 10.6. The number of rotatable bonds is 13. The molecule has 2 aromatic rings. The van der Waals surface area contributed by atoms with Gasteiger partial charge in [-0.15, -0.1) is 0 Å². The Morgan fingerprint density at radius 1 is 0.781 bits per heavy atom. The van der Waals surface area contributed by atoms with E-state index < -0.39 is 0 Å². The van der Waals surface area contributed by atoms with Gasteiger partial charge in [0, 0.05) is 24.1 Å². The van der Waals surface area contributed by atoms with E-state index in [1.54, 1.807) is 7.11 Å². The summed E-state index contributed by atoms with van der Waals surface area (Å²) in [5, 5.41) is 15.3. The molecule has 0 bridgehead atoms. The van der Waals surface area contributed by atoms with Crippen molar-refractivity contribution < 1.29 is 19.4 Å². The third-order valence-corrected chi connectivity index (χ3v) is 5.57. The Labute approximate surface area is 191 Å². The van der Waals surface area contributed by atoms with Crippen LogP contribution in [0.5, 0.6) is 5.75 Å². The number of aryl methyl sites for hydroxylation is 2. The molecule has 0 saturated carbocycles. The van der Waals surface area contributed by atoms with Crippen molar-refractivity contribution in [3.8, 4) is 5.75 Å². The van der Waals surface area contributed by atoms with E-state index in [-0.39, 0.29) is 18.4 Å². The lowest BCUT2D eigenvalue weighted by molar-refractivity contribution is -0.117. The van der Waals surface area contributed by atoms with Crippen LogP contribution in [0.15, 0.2) is 36.4 Å². The van der Waals surface area contributed by atoms with E-state index in [2.05, 4.69) is 10.6 Å². The second-order valence-electron chi connectivity index (χ2n) is 8.14. The maximum Gasteiger partial charge on any atom is 0.224 e. The average molecular weight is 441 g/mol. The van der Waals surface area contributed by atoms with Crippen molar-refractivity contribution in [1.29, 1.82) is 0 Å². The van der Waals surface area contributed by atoms with E-state index in [1.165, 1.54) is 0 Å². The van der Waals surface area contributed by atoms with E-state index in [0.29, 0.717) is 18.6 Å². The number of hydrogen-bond acceptors (Lipinski definition) is 4. The molecule has 0 unspecified atom stereocenters. The lowest BCUT2D eigenvalue weighted by Gasteiger charge is -2.13. The molecule has 3 N–H and O–H groups in total. The first kappa shape index (κ1) is 25.4. The molecule has 0 aliphatic heterocycles. The quantitative estimate of drug-likeness (QED) is 0.359. The smallest absolute Gasteiger partial charge is 0.224 e. The summed E-state index contributed by atoms with van der Waals surface area (Å²) in [6.45, 7) is 3.78. The third kappa shape index (κ3) is 8.00. The van der Waals surface area contributed by atoms with E-state index in [1.807, 2.05) is 50.2 Å². The highest BCUT2D eigenvalue weighted by Crippen LogP contribution is 2.28. The molecule has 32 heavy (non-hydrogen) atoms. The number of aliphatic hydroxyl groups is 1. The molecule has 0 saturated heterocycles. The Balaban J connectivity index is 1.57. The number of hydrogen-bond donors (Lipinski definition) is 3. The second kappa shape index (κ2) is 13.5. The Kier molecular flexibility index (Phi) is 10.7. The first-order chi connectivity index (χ1) is 15.5. The van der Waals surface area contributed by atoms with Crippen molar-refractivity contribution in [3.05, 3.63) is 53.1 Å². The number of anilines is 2. The van der Waals surface area contributed by atoms with E-state index in [4.69, 9.17) is 4.74 Å². The minimum atomic E-state index is -0.0895. The highest BCUT2D eigenvalue weighted by atomic mass is 16.5. The van der Waals surface area contributed by atoms with Crippen LogP contribution >= 0.6 is 0 Å². The predicted molar refractivity (Wildman–Crippen MR) is 129 cm³/mol. The molecule has 0 atom stereocenters. The second-order valence-corrected chi connectivity index (χ2v) is 8.14. The van der Waals surface area contributed by atoms with Crippen LogP contribution in [-0.2, 0) is 16.2 Å². The van der Waals surface area contributed by atoms with Gasteiger partial charge in [0.1, 0.15) is 5.75 Å². The molecular formula is C26H36N2O4. The summed E-state index contributed by atoms with van der Waals surface area (Å²) in [6.07, 6.45) is 6.72. The molecule has 0 fully saturated rings. The largest absolute Gasteiger partial charge is 0.495 e. The van der Waals surface area contributed by atoms with E-state index >= 15 is 0 Å². The fourth-order valence-electron chi connectivity index (χ4n) is 3.69. The molecule has 0 spiro atoms. The van der Waals surface area contributed by atoms with Crippen LogP contribution in [0, 0.1) is 13.8 Å². The van der Waals surface area contributed by atoms with Gasteiger partial charge in [-0.05, 0) is 43.9 Å². The Bertz CT molecular complexity index is 822. The van der Waals surface area contributed by atoms with Gasteiger partial charge < -0.3 is 20.5 Å². The van der Waals surface area contributed by atoms with Crippen molar-refractivity contribution in [1.82, 2.24) is 0 Å². The number of ether oxygens (including phenoxy) is 1. The number of methoxy groups -OCH3 is 1. The molecule has 174 valence electrons. The number of nitrogens with one attached hydrogen (secondary N) is 2. The van der Waals surface area contributed by atoms with Crippen LogP contribution in [0.25, 0.3) is 0 Å². The van der Waals surface area contributed by atoms with Crippen LogP contribution in [0.3, 0.4) is 0 Å². The van der Waals surface area contributed by atoms with E-state index in [0.717, 1.165) is 66.6 Å². The maximum absolute atomic E-state index is 12.2. The number of carbonyl (C=O) groups is 2. The summed E-state index contributed by atoms with van der Waals surface area (Å²) in [4.78, 5) is 24.5. The fourth-order valence-corrected chi connectivity index (χ4v) is 3.69. The first-order valence-electron chi connectivity index (χ1n) is 11.4. The summed E-state index contributed by atoms with van der Waals surface area (Å²) >= 11 is 0. The van der Waals surface area contributed by atoms with Crippen LogP contribution in [-0.4, -0.2) is 24.0 Å². The van der Waals surface area contributed by atoms with Gasteiger partial charge in [0.05, 0.1) is 19.4 Å². The highest BCUT2D eigenvalue weighted by Gasteiger charge is 2.10. The summed E-state index contributed by atoms with van der Waals surface area (Å²) in [5.74, 6) is 0.669. The standard InChI is InChI=1S/C26H36N2O4/c1-19-12-10-14-21(18-29)25(19)27-23(30)16-8-6-4-5-7-9-17-24(31)28-26-20(2)13-11-15-22(26)32-3/h10-15,29H,4-9,16-18H2,1-3H3,(H,27,30)(H,28,31). The SMILES string of the molecule is COc1cccc(C)c1NC(=O)CCCCCCCCC(=O)Nc1c(C)cccc1CO. The number of benzene rings is 2. The maximum atomic E-state index is 12.2.